The molecule has 0 fully saturated rings. The molecule has 1 heteroatoms. The molecule has 3 unspecified atom stereocenters. The molecule has 0 amide bonds. The maximum atomic E-state index is 3.87. The van der Waals surface area contributed by atoms with Crippen LogP contribution in [0, 0.1) is 11.8 Å². The third-order valence-corrected chi connectivity index (χ3v) is 4.61. The van der Waals surface area contributed by atoms with E-state index in [4.69, 9.17) is 0 Å². The third kappa shape index (κ3) is 1.50. The van der Waals surface area contributed by atoms with E-state index in [9.17, 15) is 0 Å². The molecule has 0 aliphatic heterocycles. The fourth-order valence-electron chi connectivity index (χ4n) is 2.58. The lowest BCUT2D eigenvalue weighted by molar-refractivity contribution is 0.520. The fourth-order valence-corrected chi connectivity index (χ4v) is 3.59. The SMILES string of the molecule is BrC1C2C=CC=CC2=CC2=CC=CCC21. The van der Waals surface area contributed by atoms with Crippen molar-refractivity contribution in [1.82, 2.24) is 0 Å². The highest BCUT2D eigenvalue weighted by atomic mass is 79.9. The Morgan fingerprint density at radius 1 is 1.13 bits per heavy atom. The first-order valence-corrected chi connectivity index (χ1v) is 6.35. The molecule has 76 valence electrons. The van der Waals surface area contributed by atoms with E-state index in [1.807, 2.05) is 0 Å². The number of hydrogen-bond donors (Lipinski definition) is 0. The fraction of sp³-hybridized carbons (Fsp3) is 0.286. The molecule has 3 atom stereocenters. The monoisotopic (exact) mass is 260 g/mol. The third-order valence-electron chi connectivity index (χ3n) is 3.41. The number of rotatable bonds is 0. The number of fused-ring (bicyclic) bond motifs is 2. The maximum absolute atomic E-state index is 3.87. The average molecular weight is 261 g/mol. The molecule has 0 saturated carbocycles. The summed E-state index contributed by atoms with van der Waals surface area (Å²) in [6.45, 7) is 0. The van der Waals surface area contributed by atoms with Crippen LogP contribution >= 0.6 is 15.9 Å². The second-order valence-corrected chi connectivity index (χ2v) is 5.35. The van der Waals surface area contributed by atoms with E-state index in [0.717, 1.165) is 0 Å². The van der Waals surface area contributed by atoms with Crippen molar-refractivity contribution in [3.8, 4) is 0 Å². The molecular formula is C14H13Br. The van der Waals surface area contributed by atoms with Crippen molar-refractivity contribution in [1.29, 1.82) is 0 Å². The average Bonchev–Trinajstić information content (AvgIpc) is 2.30. The highest BCUT2D eigenvalue weighted by molar-refractivity contribution is 9.09. The molecule has 0 aromatic carbocycles. The van der Waals surface area contributed by atoms with Gasteiger partial charge in [0, 0.05) is 16.7 Å². The molecule has 0 N–H and O–H groups in total. The Labute approximate surface area is 98.9 Å². The summed E-state index contributed by atoms with van der Waals surface area (Å²) in [5.74, 6) is 1.21. The first-order chi connectivity index (χ1) is 7.36. The summed E-state index contributed by atoms with van der Waals surface area (Å²) in [5.41, 5.74) is 2.92. The Morgan fingerprint density at radius 3 is 3.00 bits per heavy atom. The molecular weight excluding hydrogens is 248 g/mol. The second kappa shape index (κ2) is 3.64. The number of alkyl halides is 1. The van der Waals surface area contributed by atoms with Gasteiger partial charge in [0.2, 0.25) is 0 Å². The summed E-state index contributed by atoms with van der Waals surface area (Å²) < 4.78 is 0. The summed E-state index contributed by atoms with van der Waals surface area (Å²) in [7, 11) is 0. The minimum absolute atomic E-state index is 0.551. The van der Waals surface area contributed by atoms with Gasteiger partial charge in [-0.3, -0.25) is 0 Å². The predicted molar refractivity (Wildman–Crippen MR) is 67.9 cm³/mol. The Hall–Kier alpha value is -0.820. The van der Waals surface area contributed by atoms with Crippen molar-refractivity contribution in [2.24, 2.45) is 11.8 Å². The molecule has 0 saturated heterocycles. The van der Waals surface area contributed by atoms with Gasteiger partial charge in [-0.15, -0.1) is 0 Å². The van der Waals surface area contributed by atoms with Crippen molar-refractivity contribution in [2.75, 3.05) is 0 Å². The van der Waals surface area contributed by atoms with Crippen LogP contribution in [0.4, 0.5) is 0 Å². The van der Waals surface area contributed by atoms with Crippen LogP contribution in [0.3, 0.4) is 0 Å². The molecule has 0 aromatic rings. The van der Waals surface area contributed by atoms with Gasteiger partial charge in [-0.1, -0.05) is 64.5 Å². The quantitative estimate of drug-likeness (QED) is 0.579. The Kier molecular flexibility index (Phi) is 2.28. The van der Waals surface area contributed by atoms with Gasteiger partial charge in [-0.05, 0) is 17.6 Å². The van der Waals surface area contributed by atoms with E-state index < -0.39 is 0 Å². The highest BCUT2D eigenvalue weighted by Gasteiger charge is 2.33. The summed E-state index contributed by atoms with van der Waals surface area (Å²) in [6.07, 6.45) is 19.0. The number of allylic oxidation sites excluding steroid dienone is 10. The topological polar surface area (TPSA) is 0 Å². The van der Waals surface area contributed by atoms with Crippen LogP contribution in [-0.4, -0.2) is 4.83 Å². The smallest absolute Gasteiger partial charge is 0.0320 e. The van der Waals surface area contributed by atoms with Gasteiger partial charge in [0.25, 0.3) is 0 Å². The minimum Gasteiger partial charge on any atom is -0.0874 e. The Bertz CT molecular complexity index is 421. The molecule has 0 bridgehead atoms. The van der Waals surface area contributed by atoms with Crippen molar-refractivity contribution in [3.05, 3.63) is 59.8 Å². The lowest BCUT2D eigenvalue weighted by Crippen LogP contribution is -2.30. The molecule has 0 aromatic heterocycles. The van der Waals surface area contributed by atoms with E-state index in [1.165, 1.54) is 17.6 Å². The van der Waals surface area contributed by atoms with Crippen LogP contribution < -0.4 is 0 Å². The van der Waals surface area contributed by atoms with Gasteiger partial charge >= 0.3 is 0 Å². The first kappa shape index (κ1) is 9.41. The molecule has 3 aliphatic rings. The lowest BCUT2D eigenvalue weighted by Gasteiger charge is -2.36. The second-order valence-electron chi connectivity index (χ2n) is 4.30. The van der Waals surface area contributed by atoms with Gasteiger partial charge in [0.05, 0.1) is 0 Å². The first-order valence-electron chi connectivity index (χ1n) is 5.43. The van der Waals surface area contributed by atoms with Gasteiger partial charge in [0.1, 0.15) is 0 Å². The van der Waals surface area contributed by atoms with E-state index in [2.05, 4.69) is 64.5 Å². The normalized spacial score (nSPS) is 36.7. The van der Waals surface area contributed by atoms with E-state index >= 15 is 0 Å². The van der Waals surface area contributed by atoms with Crippen LogP contribution in [0.15, 0.2) is 59.8 Å². The van der Waals surface area contributed by atoms with E-state index in [-0.39, 0.29) is 0 Å². The molecule has 3 aliphatic carbocycles. The van der Waals surface area contributed by atoms with Crippen LogP contribution in [-0.2, 0) is 0 Å². The minimum atomic E-state index is 0.551. The van der Waals surface area contributed by atoms with Crippen LogP contribution in [0.25, 0.3) is 0 Å². The lowest BCUT2D eigenvalue weighted by atomic mass is 9.74. The maximum Gasteiger partial charge on any atom is 0.0320 e. The summed E-state index contributed by atoms with van der Waals surface area (Å²) in [6, 6.07) is 0. The van der Waals surface area contributed by atoms with E-state index in [0.29, 0.717) is 16.7 Å². The van der Waals surface area contributed by atoms with Gasteiger partial charge in [-0.25, -0.2) is 0 Å². The van der Waals surface area contributed by atoms with Crippen molar-refractivity contribution >= 4 is 15.9 Å². The summed E-state index contributed by atoms with van der Waals surface area (Å²) >= 11 is 3.87. The molecule has 3 rings (SSSR count). The molecule has 0 spiro atoms. The predicted octanol–water partition coefficient (Wildman–Crippen LogP) is 3.93. The molecule has 0 radical (unpaired) electrons. The van der Waals surface area contributed by atoms with Crippen LogP contribution in [0.5, 0.6) is 0 Å². The van der Waals surface area contributed by atoms with Crippen molar-refractivity contribution in [3.63, 3.8) is 0 Å². The zero-order valence-corrected chi connectivity index (χ0v) is 10.0. The standard InChI is InChI=1S/C14H13Br/c15-14-12-7-3-1-5-10(12)9-11-6-2-4-8-13(11)14/h1-7,9,12-14H,8H2. The molecule has 0 nitrogen and oxygen atoms in total. The van der Waals surface area contributed by atoms with Gasteiger partial charge in [0.15, 0.2) is 0 Å². The Balaban J connectivity index is 2.06. The largest absolute Gasteiger partial charge is 0.0874 e. The van der Waals surface area contributed by atoms with Gasteiger partial charge < -0.3 is 0 Å². The van der Waals surface area contributed by atoms with Gasteiger partial charge in [-0.2, -0.15) is 0 Å². The molecule has 15 heavy (non-hydrogen) atoms. The zero-order chi connectivity index (χ0) is 10.3. The summed E-state index contributed by atoms with van der Waals surface area (Å²) in [4.78, 5) is 0.551. The number of hydrogen-bond acceptors (Lipinski definition) is 0. The zero-order valence-electron chi connectivity index (χ0n) is 8.44. The highest BCUT2D eigenvalue weighted by Crippen LogP contribution is 2.43. The van der Waals surface area contributed by atoms with Crippen molar-refractivity contribution in [2.45, 2.75) is 11.2 Å². The summed E-state index contributed by atoms with van der Waals surface area (Å²) in [5, 5.41) is 0. The molecule has 0 heterocycles. The van der Waals surface area contributed by atoms with Crippen LogP contribution in [0.2, 0.25) is 0 Å². The van der Waals surface area contributed by atoms with Crippen molar-refractivity contribution < 1.29 is 0 Å². The number of halogens is 1. The van der Waals surface area contributed by atoms with Crippen LogP contribution in [0.1, 0.15) is 6.42 Å². The van der Waals surface area contributed by atoms with E-state index in [1.54, 1.807) is 0 Å². The Morgan fingerprint density at radius 2 is 2.07 bits per heavy atom.